The first-order valence-corrected chi connectivity index (χ1v) is 5.59. The molecule has 74 valence electrons. The van der Waals surface area contributed by atoms with Gasteiger partial charge in [-0.2, -0.15) is 0 Å². The van der Waals surface area contributed by atoms with Crippen LogP contribution in [0.15, 0.2) is 0 Å². The zero-order valence-electron chi connectivity index (χ0n) is 8.48. The van der Waals surface area contributed by atoms with Crippen LogP contribution in [0.4, 0.5) is 0 Å². The highest BCUT2D eigenvalue weighted by Crippen LogP contribution is 1.99. The van der Waals surface area contributed by atoms with Gasteiger partial charge in [0.05, 0.1) is 0 Å². The van der Waals surface area contributed by atoms with Crippen molar-refractivity contribution in [3.8, 4) is 0 Å². The number of hydrogen-bond acceptors (Lipinski definition) is 1. The smallest absolute Gasteiger partial charge is 0.0223 e. The minimum atomic E-state index is 0.808. The first-order chi connectivity index (χ1) is 5.81. The topological polar surface area (TPSA) is 3.24 Å². The molecular formula is C10H22ClN. The van der Waals surface area contributed by atoms with Crippen LogP contribution >= 0.6 is 11.6 Å². The quantitative estimate of drug-likeness (QED) is 0.421. The average molecular weight is 192 g/mol. The molecule has 0 aromatic carbocycles. The fraction of sp³-hybridized carbons (Fsp3) is 1.00. The van der Waals surface area contributed by atoms with E-state index in [0.717, 1.165) is 12.3 Å². The van der Waals surface area contributed by atoms with Gasteiger partial charge in [0.15, 0.2) is 0 Å². The van der Waals surface area contributed by atoms with Crippen molar-refractivity contribution in [2.24, 2.45) is 0 Å². The predicted octanol–water partition coefficient (Wildman–Crippen LogP) is 3.13. The Balaban J connectivity index is 3.04. The van der Waals surface area contributed by atoms with Gasteiger partial charge in [-0.1, -0.05) is 19.8 Å². The Bertz CT molecular complexity index is 75.9. The van der Waals surface area contributed by atoms with Crippen LogP contribution in [0, 0.1) is 0 Å². The van der Waals surface area contributed by atoms with Crippen LogP contribution < -0.4 is 0 Å². The first kappa shape index (κ1) is 12.2. The Morgan fingerprint density at radius 3 is 2.08 bits per heavy atom. The van der Waals surface area contributed by atoms with Crippen LogP contribution in [0.25, 0.3) is 0 Å². The number of rotatable bonds is 8. The summed E-state index contributed by atoms with van der Waals surface area (Å²) < 4.78 is 0. The molecule has 0 amide bonds. The zero-order valence-corrected chi connectivity index (χ0v) is 9.24. The van der Waals surface area contributed by atoms with E-state index >= 15 is 0 Å². The van der Waals surface area contributed by atoms with Crippen LogP contribution in [0.5, 0.6) is 0 Å². The maximum atomic E-state index is 5.59. The normalized spacial score (nSPS) is 11.0. The van der Waals surface area contributed by atoms with Gasteiger partial charge in [0.1, 0.15) is 0 Å². The molecule has 0 aliphatic rings. The van der Waals surface area contributed by atoms with Crippen LogP contribution in [-0.2, 0) is 0 Å². The second-order valence-electron chi connectivity index (χ2n) is 3.41. The third-order valence-electron chi connectivity index (χ3n) is 2.07. The molecular weight excluding hydrogens is 170 g/mol. The highest BCUT2D eigenvalue weighted by Gasteiger charge is 1.96. The Hall–Kier alpha value is 0.250. The zero-order chi connectivity index (χ0) is 9.23. The molecule has 0 atom stereocenters. The van der Waals surface area contributed by atoms with Gasteiger partial charge < -0.3 is 4.90 Å². The highest BCUT2D eigenvalue weighted by atomic mass is 35.5. The summed E-state index contributed by atoms with van der Waals surface area (Å²) in [5, 5.41) is 0. The Labute approximate surface area is 82.1 Å². The number of halogens is 1. The lowest BCUT2D eigenvalue weighted by atomic mass is 10.2. The molecule has 0 fully saturated rings. The molecule has 0 rings (SSSR count). The van der Waals surface area contributed by atoms with Crippen LogP contribution in [-0.4, -0.2) is 30.9 Å². The van der Waals surface area contributed by atoms with E-state index in [4.69, 9.17) is 11.6 Å². The van der Waals surface area contributed by atoms with E-state index in [1.54, 1.807) is 0 Å². The SMILES string of the molecule is CCCCCN(C)CCCCCl. The molecule has 0 aliphatic carbocycles. The fourth-order valence-electron chi connectivity index (χ4n) is 1.22. The molecule has 12 heavy (non-hydrogen) atoms. The van der Waals surface area contributed by atoms with Gasteiger partial charge >= 0.3 is 0 Å². The summed E-state index contributed by atoms with van der Waals surface area (Å²) in [5.41, 5.74) is 0. The predicted molar refractivity (Wildman–Crippen MR) is 57.0 cm³/mol. The van der Waals surface area contributed by atoms with Gasteiger partial charge in [-0.15, -0.1) is 11.6 Å². The van der Waals surface area contributed by atoms with E-state index in [0.29, 0.717) is 0 Å². The summed E-state index contributed by atoms with van der Waals surface area (Å²) >= 11 is 5.59. The molecule has 0 spiro atoms. The summed E-state index contributed by atoms with van der Waals surface area (Å²) in [5.74, 6) is 0.808. The summed E-state index contributed by atoms with van der Waals surface area (Å²) in [6.07, 6.45) is 6.41. The van der Waals surface area contributed by atoms with E-state index in [9.17, 15) is 0 Å². The number of hydrogen-bond donors (Lipinski definition) is 0. The molecule has 0 aliphatic heterocycles. The molecule has 0 saturated heterocycles. The summed E-state index contributed by atoms with van der Waals surface area (Å²) in [6.45, 7) is 4.69. The Morgan fingerprint density at radius 1 is 1.00 bits per heavy atom. The van der Waals surface area contributed by atoms with Gasteiger partial charge in [-0.3, -0.25) is 0 Å². The number of nitrogens with zero attached hydrogens (tertiary/aromatic N) is 1. The molecule has 0 aromatic rings. The van der Waals surface area contributed by atoms with E-state index in [-0.39, 0.29) is 0 Å². The van der Waals surface area contributed by atoms with Crippen molar-refractivity contribution in [2.75, 3.05) is 26.0 Å². The van der Waals surface area contributed by atoms with E-state index in [1.165, 1.54) is 38.8 Å². The van der Waals surface area contributed by atoms with Gasteiger partial charge in [0.2, 0.25) is 0 Å². The van der Waals surface area contributed by atoms with Crippen molar-refractivity contribution in [2.45, 2.75) is 39.0 Å². The molecule has 1 nitrogen and oxygen atoms in total. The molecule has 0 saturated carbocycles. The first-order valence-electron chi connectivity index (χ1n) is 5.05. The maximum Gasteiger partial charge on any atom is 0.0223 e. The third kappa shape index (κ3) is 8.35. The van der Waals surface area contributed by atoms with Crippen molar-refractivity contribution in [3.05, 3.63) is 0 Å². The third-order valence-corrected chi connectivity index (χ3v) is 2.33. The average Bonchev–Trinajstić information content (AvgIpc) is 2.06. The minimum absolute atomic E-state index is 0.808. The van der Waals surface area contributed by atoms with Gasteiger partial charge in [-0.05, 0) is 39.4 Å². The lowest BCUT2D eigenvalue weighted by Crippen LogP contribution is -2.20. The molecule has 0 aromatic heterocycles. The molecule has 0 radical (unpaired) electrons. The molecule has 0 bridgehead atoms. The molecule has 2 heteroatoms. The van der Waals surface area contributed by atoms with Crippen molar-refractivity contribution < 1.29 is 0 Å². The van der Waals surface area contributed by atoms with Gasteiger partial charge in [0, 0.05) is 5.88 Å². The van der Waals surface area contributed by atoms with E-state index in [2.05, 4.69) is 18.9 Å². The van der Waals surface area contributed by atoms with Gasteiger partial charge in [0.25, 0.3) is 0 Å². The van der Waals surface area contributed by atoms with Crippen molar-refractivity contribution in [1.82, 2.24) is 4.90 Å². The van der Waals surface area contributed by atoms with Gasteiger partial charge in [-0.25, -0.2) is 0 Å². The minimum Gasteiger partial charge on any atom is -0.306 e. The molecule has 0 N–H and O–H groups in total. The lowest BCUT2D eigenvalue weighted by Gasteiger charge is -2.15. The second-order valence-corrected chi connectivity index (χ2v) is 3.78. The fourth-order valence-corrected chi connectivity index (χ4v) is 1.41. The monoisotopic (exact) mass is 191 g/mol. The highest BCUT2D eigenvalue weighted by molar-refractivity contribution is 6.17. The van der Waals surface area contributed by atoms with E-state index in [1.807, 2.05) is 0 Å². The Morgan fingerprint density at radius 2 is 1.58 bits per heavy atom. The van der Waals surface area contributed by atoms with E-state index < -0.39 is 0 Å². The Kier molecular flexibility index (Phi) is 9.53. The number of unbranched alkanes of at least 4 members (excludes halogenated alkanes) is 3. The standard InChI is InChI=1S/C10H22ClN/c1-3-4-6-9-12(2)10-7-5-8-11/h3-10H2,1-2H3. The number of alkyl halides is 1. The van der Waals surface area contributed by atoms with Crippen LogP contribution in [0.1, 0.15) is 39.0 Å². The summed E-state index contributed by atoms with van der Waals surface area (Å²) in [6, 6.07) is 0. The summed E-state index contributed by atoms with van der Waals surface area (Å²) in [7, 11) is 2.20. The van der Waals surface area contributed by atoms with Crippen molar-refractivity contribution in [1.29, 1.82) is 0 Å². The van der Waals surface area contributed by atoms with Crippen LogP contribution in [0.2, 0.25) is 0 Å². The molecule has 0 unspecified atom stereocenters. The van der Waals surface area contributed by atoms with Crippen molar-refractivity contribution in [3.63, 3.8) is 0 Å². The van der Waals surface area contributed by atoms with Crippen molar-refractivity contribution >= 4 is 11.6 Å². The van der Waals surface area contributed by atoms with Crippen LogP contribution in [0.3, 0.4) is 0 Å². The lowest BCUT2D eigenvalue weighted by molar-refractivity contribution is 0.320. The summed E-state index contributed by atoms with van der Waals surface area (Å²) in [4.78, 5) is 2.40. The largest absolute Gasteiger partial charge is 0.306 e. The maximum absolute atomic E-state index is 5.59. The molecule has 0 heterocycles. The second kappa shape index (κ2) is 9.34.